The Morgan fingerprint density at radius 1 is 1.32 bits per heavy atom. The van der Waals surface area contributed by atoms with Crippen LogP contribution in [0.4, 0.5) is 0 Å². The van der Waals surface area contributed by atoms with E-state index in [1.54, 1.807) is 6.26 Å². The van der Waals surface area contributed by atoms with Gasteiger partial charge in [-0.25, -0.2) is 0 Å². The summed E-state index contributed by atoms with van der Waals surface area (Å²) in [4.78, 5) is 7.26. The number of halogens is 1. The van der Waals surface area contributed by atoms with Crippen LogP contribution >= 0.6 is 24.0 Å². The van der Waals surface area contributed by atoms with Gasteiger partial charge in [0.05, 0.1) is 18.8 Å². The quantitative estimate of drug-likeness (QED) is 0.241. The first-order valence-electron chi connectivity index (χ1n) is 9.22. The minimum absolute atomic E-state index is 0. The van der Waals surface area contributed by atoms with E-state index in [-0.39, 0.29) is 30.0 Å². The molecule has 1 aromatic heterocycles. The fourth-order valence-electron chi connectivity index (χ4n) is 2.96. The van der Waals surface area contributed by atoms with Crippen molar-refractivity contribution in [1.29, 1.82) is 0 Å². The molecule has 0 bridgehead atoms. The number of hydrogen-bond donors (Lipinski definition) is 2. The van der Waals surface area contributed by atoms with Crippen molar-refractivity contribution >= 4 is 29.9 Å². The third-order valence-corrected chi connectivity index (χ3v) is 4.18. The summed E-state index contributed by atoms with van der Waals surface area (Å²) in [6.45, 7) is 10.3. The van der Waals surface area contributed by atoms with E-state index in [1.165, 1.54) is 12.8 Å². The molecule has 6 nitrogen and oxygen atoms in total. The number of nitrogens with zero attached hydrogens (tertiary/aromatic N) is 2. The second kappa shape index (κ2) is 13.4. The van der Waals surface area contributed by atoms with E-state index in [4.69, 9.17) is 14.1 Å². The van der Waals surface area contributed by atoms with Gasteiger partial charge in [-0.1, -0.05) is 0 Å². The highest BCUT2D eigenvalue weighted by Crippen LogP contribution is 2.25. The summed E-state index contributed by atoms with van der Waals surface area (Å²) < 4.78 is 11.0. The lowest BCUT2D eigenvalue weighted by Gasteiger charge is -2.24. The van der Waals surface area contributed by atoms with Gasteiger partial charge in [-0.05, 0) is 58.3 Å². The van der Waals surface area contributed by atoms with Crippen molar-refractivity contribution < 1.29 is 9.15 Å². The number of furan rings is 1. The Hall–Kier alpha value is -0.800. The third-order valence-electron chi connectivity index (χ3n) is 4.18. The molecule has 0 spiro atoms. The summed E-state index contributed by atoms with van der Waals surface area (Å²) in [7, 11) is 0. The molecule has 7 heteroatoms. The average Bonchev–Trinajstić information content (AvgIpc) is 3.29. The van der Waals surface area contributed by atoms with Crippen LogP contribution in [0.15, 0.2) is 27.8 Å². The van der Waals surface area contributed by atoms with Crippen molar-refractivity contribution in [3.05, 3.63) is 24.2 Å². The Morgan fingerprint density at radius 2 is 2.12 bits per heavy atom. The summed E-state index contributed by atoms with van der Waals surface area (Å²) in [6, 6.07) is 4.24. The number of hydrogen-bond acceptors (Lipinski definition) is 4. The van der Waals surface area contributed by atoms with Crippen LogP contribution < -0.4 is 10.6 Å². The second-order valence-electron chi connectivity index (χ2n) is 5.97. The van der Waals surface area contributed by atoms with Crippen molar-refractivity contribution in [2.24, 2.45) is 4.99 Å². The minimum atomic E-state index is 0. The topological polar surface area (TPSA) is 62.0 Å². The molecule has 1 aliphatic heterocycles. The van der Waals surface area contributed by atoms with Crippen molar-refractivity contribution in [1.82, 2.24) is 15.5 Å². The highest BCUT2D eigenvalue weighted by molar-refractivity contribution is 14.0. The van der Waals surface area contributed by atoms with Gasteiger partial charge >= 0.3 is 0 Å². The smallest absolute Gasteiger partial charge is 0.191 e. The Balaban J connectivity index is 0.00000312. The van der Waals surface area contributed by atoms with Crippen LogP contribution in [0.25, 0.3) is 0 Å². The highest BCUT2D eigenvalue weighted by Gasteiger charge is 2.25. The molecule has 2 N–H and O–H groups in total. The Labute approximate surface area is 168 Å². The van der Waals surface area contributed by atoms with E-state index in [0.29, 0.717) is 6.54 Å². The van der Waals surface area contributed by atoms with Gasteiger partial charge in [-0.15, -0.1) is 24.0 Å². The lowest BCUT2D eigenvalue weighted by molar-refractivity contribution is 0.145. The maximum absolute atomic E-state index is 5.66. The fraction of sp³-hybridized carbons (Fsp3) is 0.722. The molecule has 1 aromatic rings. The largest absolute Gasteiger partial charge is 0.468 e. The van der Waals surface area contributed by atoms with Crippen molar-refractivity contribution in [3.8, 4) is 0 Å². The standard InChI is InChI=1S/C18H32N4O2.HI/c1-3-19-18(20-10-8-13-23-4-2)21-15-16(17-9-7-14-24-17)22-11-5-6-12-22;/h7,9,14,16H,3-6,8,10-13,15H2,1-2H3,(H2,19,20,21);1H. The van der Waals surface area contributed by atoms with E-state index in [9.17, 15) is 0 Å². The summed E-state index contributed by atoms with van der Waals surface area (Å²) in [5.74, 6) is 1.87. The van der Waals surface area contributed by atoms with Gasteiger partial charge in [-0.2, -0.15) is 0 Å². The zero-order valence-corrected chi connectivity index (χ0v) is 17.8. The maximum Gasteiger partial charge on any atom is 0.191 e. The van der Waals surface area contributed by atoms with Crippen molar-refractivity contribution in [2.75, 3.05) is 45.9 Å². The first-order chi connectivity index (χ1) is 11.8. The molecule has 0 amide bonds. The summed E-state index contributed by atoms with van der Waals surface area (Å²) in [5.41, 5.74) is 0. The predicted octanol–water partition coefficient (Wildman–Crippen LogP) is 3.02. The number of likely N-dealkylation sites (tertiary alicyclic amines) is 1. The van der Waals surface area contributed by atoms with Crippen LogP contribution in [-0.2, 0) is 4.74 Å². The summed E-state index contributed by atoms with van der Waals surface area (Å²) in [5, 5.41) is 6.69. The fourth-order valence-corrected chi connectivity index (χ4v) is 2.96. The van der Waals surface area contributed by atoms with E-state index >= 15 is 0 Å². The summed E-state index contributed by atoms with van der Waals surface area (Å²) in [6.07, 6.45) is 5.25. The van der Waals surface area contributed by atoms with Crippen LogP contribution in [-0.4, -0.2) is 56.8 Å². The number of nitrogens with one attached hydrogen (secondary N) is 2. The maximum atomic E-state index is 5.66. The highest BCUT2D eigenvalue weighted by atomic mass is 127. The molecule has 2 rings (SSSR count). The van der Waals surface area contributed by atoms with Gasteiger partial charge in [0.1, 0.15) is 5.76 Å². The molecule has 144 valence electrons. The predicted molar refractivity (Wildman–Crippen MR) is 113 cm³/mol. The first-order valence-corrected chi connectivity index (χ1v) is 9.22. The molecule has 1 saturated heterocycles. The van der Waals surface area contributed by atoms with Crippen LogP contribution in [0.1, 0.15) is 44.9 Å². The molecule has 0 radical (unpaired) electrons. The van der Waals surface area contributed by atoms with E-state index in [2.05, 4.69) is 28.5 Å². The molecule has 25 heavy (non-hydrogen) atoms. The lowest BCUT2D eigenvalue weighted by Crippen LogP contribution is -2.39. The van der Waals surface area contributed by atoms with Gasteiger partial charge in [0.25, 0.3) is 0 Å². The normalized spacial score (nSPS) is 16.5. The molecule has 1 fully saturated rings. The number of ether oxygens (including phenoxy) is 1. The van der Waals surface area contributed by atoms with E-state index in [1.807, 2.05) is 13.0 Å². The Bertz CT molecular complexity index is 462. The Morgan fingerprint density at radius 3 is 2.76 bits per heavy atom. The minimum Gasteiger partial charge on any atom is -0.468 e. The zero-order valence-electron chi connectivity index (χ0n) is 15.5. The van der Waals surface area contributed by atoms with Crippen LogP contribution in [0.3, 0.4) is 0 Å². The third kappa shape index (κ3) is 7.96. The monoisotopic (exact) mass is 464 g/mol. The SMILES string of the molecule is CCNC(=NCC(c1ccco1)N1CCCC1)NCCCOCC.I. The van der Waals surface area contributed by atoms with Gasteiger partial charge < -0.3 is 19.8 Å². The van der Waals surface area contributed by atoms with Crippen LogP contribution in [0, 0.1) is 0 Å². The molecule has 0 saturated carbocycles. The molecule has 0 aromatic carbocycles. The molecule has 1 aliphatic rings. The zero-order chi connectivity index (χ0) is 17.0. The van der Waals surface area contributed by atoms with Gasteiger partial charge in [0.2, 0.25) is 0 Å². The summed E-state index contributed by atoms with van der Waals surface area (Å²) >= 11 is 0. The molecule has 1 unspecified atom stereocenters. The number of guanidine groups is 1. The van der Waals surface area contributed by atoms with Crippen LogP contribution in [0.2, 0.25) is 0 Å². The molecule has 0 aliphatic carbocycles. The molecule has 1 atom stereocenters. The van der Waals surface area contributed by atoms with Crippen molar-refractivity contribution in [2.45, 2.75) is 39.2 Å². The molecular weight excluding hydrogens is 431 g/mol. The van der Waals surface area contributed by atoms with Crippen molar-refractivity contribution in [3.63, 3.8) is 0 Å². The molecular formula is C18H33IN4O2. The number of aliphatic imine (C=N–C) groups is 1. The first kappa shape index (κ1) is 22.2. The van der Waals surface area contributed by atoms with Gasteiger partial charge in [0, 0.05) is 26.3 Å². The van der Waals surface area contributed by atoms with Crippen LogP contribution in [0.5, 0.6) is 0 Å². The Kier molecular flexibility index (Phi) is 11.9. The molecule has 2 heterocycles. The van der Waals surface area contributed by atoms with Gasteiger partial charge in [-0.3, -0.25) is 9.89 Å². The van der Waals surface area contributed by atoms with E-state index < -0.39 is 0 Å². The average molecular weight is 464 g/mol. The lowest BCUT2D eigenvalue weighted by atomic mass is 10.2. The second-order valence-corrected chi connectivity index (χ2v) is 5.97. The van der Waals surface area contributed by atoms with Gasteiger partial charge in [0.15, 0.2) is 5.96 Å². The van der Waals surface area contributed by atoms with E-state index in [0.717, 1.165) is 57.5 Å². The number of rotatable bonds is 10.